The summed E-state index contributed by atoms with van der Waals surface area (Å²) in [6.07, 6.45) is 0. The molecule has 0 saturated carbocycles. The molecule has 0 amide bonds. The number of ether oxygens (including phenoxy) is 1. The number of ketones is 1. The minimum absolute atomic E-state index is 0.157. The molecule has 0 heterocycles. The summed E-state index contributed by atoms with van der Waals surface area (Å²) in [5, 5.41) is 3.58. The van der Waals surface area contributed by atoms with Crippen LogP contribution in [0.5, 0.6) is 0 Å². The largest absolute Gasteiger partial charge is 0.461 e. The summed E-state index contributed by atoms with van der Waals surface area (Å²) in [6, 6.07) is 5.24. The Hall–Kier alpha value is -1.81. The number of benzene rings is 1. The summed E-state index contributed by atoms with van der Waals surface area (Å²) < 4.78 is 4.97. The van der Waals surface area contributed by atoms with Gasteiger partial charge in [0.15, 0.2) is 5.78 Å². The molecule has 20 heavy (non-hydrogen) atoms. The Morgan fingerprint density at radius 3 is 2.45 bits per heavy atom. The van der Waals surface area contributed by atoms with Crippen molar-refractivity contribution in [1.82, 2.24) is 0 Å². The highest BCUT2D eigenvalue weighted by Gasteiger charge is 2.17. The summed E-state index contributed by atoms with van der Waals surface area (Å²) in [7, 11) is 0. The van der Waals surface area contributed by atoms with Gasteiger partial charge in [0, 0.05) is 16.3 Å². The van der Waals surface area contributed by atoms with E-state index in [1.54, 1.807) is 32.0 Å². The Kier molecular flexibility index (Phi) is 5.77. The fraction of sp³-hybridized carbons (Fsp3) is 0.333. The lowest BCUT2D eigenvalue weighted by Gasteiger charge is -2.14. The van der Waals surface area contributed by atoms with Crippen LogP contribution >= 0.6 is 11.6 Å². The zero-order chi connectivity index (χ0) is 15.3. The van der Waals surface area contributed by atoms with Gasteiger partial charge in [-0.25, -0.2) is 4.79 Å². The van der Waals surface area contributed by atoms with Crippen LogP contribution in [0.25, 0.3) is 0 Å². The van der Waals surface area contributed by atoms with Crippen LogP contribution in [0.3, 0.4) is 0 Å². The molecular weight excluding hydrogens is 278 g/mol. The first-order chi connectivity index (χ1) is 9.36. The van der Waals surface area contributed by atoms with Crippen molar-refractivity contribution in [3.05, 3.63) is 40.1 Å². The van der Waals surface area contributed by atoms with Crippen molar-refractivity contribution in [2.45, 2.75) is 27.7 Å². The molecule has 0 aromatic heterocycles. The van der Waals surface area contributed by atoms with Crippen molar-refractivity contribution in [2.24, 2.45) is 0 Å². The van der Waals surface area contributed by atoms with Gasteiger partial charge in [-0.1, -0.05) is 11.6 Å². The molecule has 1 N–H and O–H groups in total. The normalized spacial score (nSPS) is 11.7. The van der Waals surface area contributed by atoms with E-state index in [1.165, 1.54) is 6.92 Å². The molecule has 1 aromatic rings. The summed E-state index contributed by atoms with van der Waals surface area (Å²) in [6.45, 7) is 6.82. The molecule has 0 fully saturated rings. The standard InChI is InChI=1S/C15H18ClNO3/c1-5-20-15(19)14(10(3)11(4)18)17-13-7-6-12(16)8-9(13)2/h6-8,17H,5H2,1-4H3/b14-10+. The monoisotopic (exact) mass is 295 g/mol. The predicted octanol–water partition coefficient (Wildman–Crippen LogP) is 3.49. The third-order valence-corrected chi connectivity index (χ3v) is 3.07. The second-order valence-electron chi connectivity index (χ2n) is 4.36. The zero-order valence-electron chi connectivity index (χ0n) is 12.0. The third-order valence-electron chi connectivity index (χ3n) is 2.83. The zero-order valence-corrected chi connectivity index (χ0v) is 12.8. The minimum atomic E-state index is -0.547. The maximum Gasteiger partial charge on any atom is 0.355 e. The first-order valence-electron chi connectivity index (χ1n) is 6.29. The fourth-order valence-corrected chi connectivity index (χ4v) is 1.81. The number of halogens is 1. The Bertz CT molecular complexity index is 564. The van der Waals surface area contributed by atoms with E-state index < -0.39 is 5.97 Å². The van der Waals surface area contributed by atoms with Crippen LogP contribution < -0.4 is 5.32 Å². The number of esters is 1. The number of aryl methyl sites for hydroxylation is 1. The Morgan fingerprint density at radius 2 is 1.95 bits per heavy atom. The van der Waals surface area contributed by atoms with E-state index >= 15 is 0 Å². The third kappa shape index (κ3) is 4.10. The number of anilines is 1. The number of Topliss-reactive ketones (excluding diaryl/α,β-unsaturated/α-hetero) is 1. The maximum absolute atomic E-state index is 12.0. The molecule has 0 spiro atoms. The first kappa shape index (κ1) is 16.2. The summed E-state index contributed by atoms with van der Waals surface area (Å²) in [4.78, 5) is 23.4. The predicted molar refractivity (Wildman–Crippen MR) is 79.8 cm³/mol. The first-order valence-corrected chi connectivity index (χ1v) is 6.66. The van der Waals surface area contributed by atoms with Crippen LogP contribution in [-0.2, 0) is 14.3 Å². The van der Waals surface area contributed by atoms with E-state index in [-0.39, 0.29) is 18.1 Å². The number of hydrogen-bond donors (Lipinski definition) is 1. The Balaban J connectivity index is 3.17. The van der Waals surface area contributed by atoms with Crippen LogP contribution in [0, 0.1) is 6.92 Å². The van der Waals surface area contributed by atoms with E-state index in [1.807, 2.05) is 6.92 Å². The SMILES string of the molecule is CCOC(=O)/C(Nc1ccc(Cl)cc1C)=C(/C)C(C)=O. The van der Waals surface area contributed by atoms with Crippen LogP contribution in [0.2, 0.25) is 5.02 Å². The van der Waals surface area contributed by atoms with Gasteiger partial charge in [-0.05, 0) is 51.5 Å². The van der Waals surface area contributed by atoms with Crippen molar-refractivity contribution >= 4 is 29.0 Å². The molecule has 1 rings (SSSR count). The molecule has 108 valence electrons. The number of allylic oxidation sites excluding steroid dienone is 1. The average Bonchev–Trinajstić information content (AvgIpc) is 2.37. The number of rotatable bonds is 5. The molecular formula is C15H18ClNO3. The van der Waals surface area contributed by atoms with Crippen molar-refractivity contribution in [3.63, 3.8) is 0 Å². The van der Waals surface area contributed by atoms with Gasteiger partial charge in [-0.3, -0.25) is 4.79 Å². The van der Waals surface area contributed by atoms with Gasteiger partial charge in [0.05, 0.1) is 6.61 Å². The second-order valence-corrected chi connectivity index (χ2v) is 4.80. The van der Waals surface area contributed by atoms with Crippen LogP contribution in [-0.4, -0.2) is 18.4 Å². The van der Waals surface area contributed by atoms with Gasteiger partial charge < -0.3 is 10.1 Å². The second kappa shape index (κ2) is 7.10. The quantitative estimate of drug-likeness (QED) is 0.667. The van der Waals surface area contributed by atoms with Crippen LogP contribution in [0.15, 0.2) is 29.5 Å². The number of hydrogen-bond acceptors (Lipinski definition) is 4. The molecule has 0 aliphatic rings. The van der Waals surface area contributed by atoms with E-state index in [4.69, 9.17) is 16.3 Å². The molecule has 0 saturated heterocycles. The topological polar surface area (TPSA) is 55.4 Å². The van der Waals surface area contributed by atoms with Crippen molar-refractivity contribution in [3.8, 4) is 0 Å². The minimum Gasteiger partial charge on any atom is -0.461 e. The van der Waals surface area contributed by atoms with Gasteiger partial charge in [0.25, 0.3) is 0 Å². The molecule has 5 heteroatoms. The average molecular weight is 296 g/mol. The van der Waals surface area contributed by atoms with Gasteiger partial charge in [0.1, 0.15) is 5.70 Å². The molecule has 0 atom stereocenters. The molecule has 1 aromatic carbocycles. The fourth-order valence-electron chi connectivity index (χ4n) is 1.58. The maximum atomic E-state index is 12.0. The molecule has 0 unspecified atom stereocenters. The van der Waals surface area contributed by atoms with Gasteiger partial charge in [0.2, 0.25) is 0 Å². The molecule has 0 aliphatic carbocycles. The van der Waals surface area contributed by atoms with Crippen molar-refractivity contribution in [2.75, 3.05) is 11.9 Å². The molecule has 4 nitrogen and oxygen atoms in total. The number of nitrogens with one attached hydrogen (secondary N) is 1. The number of carbonyl (C=O) groups excluding carboxylic acids is 2. The van der Waals surface area contributed by atoms with Crippen molar-refractivity contribution in [1.29, 1.82) is 0 Å². The van der Waals surface area contributed by atoms with E-state index in [0.717, 1.165) is 5.56 Å². The van der Waals surface area contributed by atoms with Gasteiger partial charge >= 0.3 is 5.97 Å². The summed E-state index contributed by atoms with van der Waals surface area (Å²) >= 11 is 5.89. The molecule has 0 aliphatic heterocycles. The lowest BCUT2D eigenvalue weighted by Crippen LogP contribution is -2.19. The van der Waals surface area contributed by atoms with Crippen LogP contribution in [0.4, 0.5) is 5.69 Å². The van der Waals surface area contributed by atoms with E-state index in [9.17, 15) is 9.59 Å². The molecule has 0 radical (unpaired) electrons. The summed E-state index contributed by atoms with van der Waals surface area (Å²) in [5.74, 6) is -0.735. The highest BCUT2D eigenvalue weighted by molar-refractivity contribution is 6.30. The van der Waals surface area contributed by atoms with E-state index in [0.29, 0.717) is 16.3 Å². The smallest absolute Gasteiger partial charge is 0.355 e. The lowest BCUT2D eigenvalue weighted by molar-refractivity contribution is -0.138. The van der Waals surface area contributed by atoms with E-state index in [2.05, 4.69) is 5.32 Å². The Labute approximate surface area is 123 Å². The van der Waals surface area contributed by atoms with Crippen molar-refractivity contribution < 1.29 is 14.3 Å². The molecule has 0 bridgehead atoms. The van der Waals surface area contributed by atoms with Crippen LogP contribution in [0.1, 0.15) is 26.3 Å². The van der Waals surface area contributed by atoms with Gasteiger partial charge in [-0.2, -0.15) is 0 Å². The highest BCUT2D eigenvalue weighted by atomic mass is 35.5. The summed E-state index contributed by atoms with van der Waals surface area (Å²) in [5.41, 5.74) is 2.07. The van der Waals surface area contributed by atoms with Gasteiger partial charge in [-0.15, -0.1) is 0 Å². The lowest BCUT2D eigenvalue weighted by atomic mass is 10.1. The highest BCUT2D eigenvalue weighted by Crippen LogP contribution is 2.22. The Morgan fingerprint density at radius 1 is 1.30 bits per heavy atom. The number of carbonyl (C=O) groups is 2.